The van der Waals surface area contributed by atoms with E-state index >= 15 is 0 Å². The molecular formula is C28H44O4. The summed E-state index contributed by atoms with van der Waals surface area (Å²) in [7, 11) is 2.66. The zero-order chi connectivity index (χ0) is 23.4. The van der Waals surface area contributed by atoms with Gasteiger partial charge in [-0.05, 0) is 50.2 Å². The van der Waals surface area contributed by atoms with Crippen molar-refractivity contribution in [2.45, 2.75) is 103 Å². The van der Waals surface area contributed by atoms with E-state index in [1.54, 1.807) is 12.1 Å². The van der Waals surface area contributed by atoms with Gasteiger partial charge in [-0.1, -0.05) is 89.0 Å². The molecule has 0 bridgehead atoms. The van der Waals surface area contributed by atoms with Gasteiger partial charge in [0.25, 0.3) is 0 Å². The van der Waals surface area contributed by atoms with E-state index in [0.717, 1.165) is 24.8 Å². The standard InChI is InChI=1S/C28H44O4/c1-4-5-6-7-8-9-10-11-12-13-14-15-16-17-18-19-21-24-22-20-23-25(27(29)31-2)26(24)28(30)32-3/h11-12,20,22-23H,4-10,13-19,21H2,1-3H3/b12-11-. The molecule has 0 atom stereocenters. The quantitative estimate of drug-likeness (QED) is 0.131. The van der Waals surface area contributed by atoms with Gasteiger partial charge in [0.1, 0.15) is 0 Å². The molecule has 0 saturated heterocycles. The molecule has 0 amide bonds. The third-order valence-corrected chi connectivity index (χ3v) is 5.90. The zero-order valence-electron chi connectivity index (χ0n) is 20.6. The molecule has 180 valence electrons. The number of unbranched alkanes of at least 4 members (excludes halogenated alkanes) is 12. The summed E-state index contributed by atoms with van der Waals surface area (Å²) in [6.45, 7) is 2.26. The van der Waals surface area contributed by atoms with Crippen LogP contribution < -0.4 is 0 Å². The highest BCUT2D eigenvalue weighted by Crippen LogP contribution is 2.20. The number of carbonyl (C=O) groups excluding carboxylic acids is 2. The molecule has 0 unspecified atom stereocenters. The molecule has 1 aromatic rings. The van der Waals surface area contributed by atoms with E-state index in [2.05, 4.69) is 19.1 Å². The maximum Gasteiger partial charge on any atom is 0.339 e. The van der Waals surface area contributed by atoms with Crippen molar-refractivity contribution in [2.24, 2.45) is 0 Å². The van der Waals surface area contributed by atoms with E-state index in [4.69, 9.17) is 9.47 Å². The molecule has 0 heterocycles. The average Bonchev–Trinajstić information content (AvgIpc) is 2.82. The van der Waals surface area contributed by atoms with Crippen LogP contribution in [0.1, 0.15) is 123 Å². The first-order chi connectivity index (χ1) is 15.7. The van der Waals surface area contributed by atoms with Crippen LogP contribution in [0.25, 0.3) is 0 Å². The smallest absolute Gasteiger partial charge is 0.339 e. The summed E-state index contributed by atoms with van der Waals surface area (Å²) in [6, 6.07) is 5.31. The van der Waals surface area contributed by atoms with E-state index in [0.29, 0.717) is 5.56 Å². The lowest BCUT2D eigenvalue weighted by atomic mass is 9.96. The van der Waals surface area contributed by atoms with Crippen molar-refractivity contribution in [3.05, 3.63) is 47.0 Å². The molecule has 1 rings (SSSR count). The Labute approximate surface area is 195 Å². The Morgan fingerprint density at radius 2 is 1.25 bits per heavy atom. The van der Waals surface area contributed by atoms with Gasteiger partial charge in [0, 0.05) is 0 Å². The van der Waals surface area contributed by atoms with Crippen LogP contribution in [0.5, 0.6) is 0 Å². The Balaban J connectivity index is 2.18. The molecule has 0 aliphatic rings. The highest BCUT2D eigenvalue weighted by molar-refractivity contribution is 6.04. The topological polar surface area (TPSA) is 52.6 Å². The van der Waals surface area contributed by atoms with Crippen LogP contribution >= 0.6 is 0 Å². The summed E-state index contributed by atoms with van der Waals surface area (Å²) in [5.74, 6) is -0.987. The van der Waals surface area contributed by atoms with Gasteiger partial charge in [0.2, 0.25) is 0 Å². The van der Waals surface area contributed by atoms with Crippen LogP contribution in [0.2, 0.25) is 0 Å². The number of esters is 2. The predicted molar refractivity (Wildman–Crippen MR) is 132 cm³/mol. The van der Waals surface area contributed by atoms with Crippen molar-refractivity contribution in [2.75, 3.05) is 14.2 Å². The number of allylic oxidation sites excluding steroid dienone is 2. The molecule has 0 N–H and O–H groups in total. The highest BCUT2D eigenvalue weighted by atomic mass is 16.5. The lowest BCUT2D eigenvalue weighted by Gasteiger charge is -2.12. The third-order valence-electron chi connectivity index (χ3n) is 5.90. The molecule has 0 aromatic heterocycles. The van der Waals surface area contributed by atoms with E-state index in [1.807, 2.05) is 6.07 Å². The monoisotopic (exact) mass is 444 g/mol. The number of carbonyl (C=O) groups is 2. The van der Waals surface area contributed by atoms with Gasteiger partial charge in [0.15, 0.2) is 0 Å². The van der Waals surface area contributed by atoms with Gasteiger partial charge in [0.05, 0.1) is 25.3 Å². The molecule has 0 fully saturated rings. The van der Waals surface area contributed by atoms with Crippen LogP contribution in [-0.4, -0.2) is 26.2 Å². The second kappa shape index (κ2) is 18.5. The SMILES string of the molecule is CCCCCCCC/C=C\CCCCCCCCc1cccc(C(=O)OC)c1C(=O)OC. The van der Waals surface area contributed by atoms with Crippen molar-refractivity contribution in [1.82, 2.24) is 0 Å². The highest BCUT2D eigenvalue weighted by Gasteiger charge is 2.21. The molecule has 4 nitrogen and oxygen atoms in total. The van der Waals surface area contributed by atoms with Crippen molar-refractivity contribution >= 4 is 11.9 Å². The van der Waals surface area contributed by atoms with Crippen molar-refractivity contribution in [3.8, 4) is 0 Å². The molecule has 0 aliphatic carbocycles. The largest absolute Gasteiger partial charge is 0.465 e. The predicted octanol–water partition coefficient (Wildman–Crippen LogP) is 7.84. The number of aryl methyl sites for hydroxylation is 1. The Kier molecular flexibility index (Phi) is 16.1. The molecule has 0 aliphatic heterocycles. The fourth-order valence-electron chi connectivity index (χ4n) is 3.99. The number of rotatable bonds is 18. The normalized spacial score (nSPS) is 11.1. The Bertz CT molecular complexity index is 678. The lowest BCUT2D eigenvalue weighted by Crippen LogP contribution is -2.14. The second-order valence-electron chi connectivity index (χ2n) is 8.51. The first-order valence-electron chi connectivity index (χ1n) is 12.6. The number of ether oxygens (including phenoxy) is 2. The molecule has 0 spiro atoms. The van der Waals surface area contributed by atoms with E-state index in [9.17, 15) is 9.59 Å². The third kappa shape index (κ3) is 11.5. The average molecular weight is 445 g/mol. The number of methoxy groups -OCH3 is 2. The van der Waals surface area contributed by atoms with Crippen molar-refractivity contribution in [1.29, 1.82) is 0 Å². The first kappa shape index (κ1) is 27.9. The van der Waals surface area contributed by atoms with Crippen LogP contribution in [0.15, 0.2) is 30.4 Å². The molecule has 0 saturated carbocycles. The summed E-state index contributed by atoms with van der Waals surface area (Å²) >= 11 is 0. The maximum atomic E-state index is 12.2. The van der Waals surface area contributed by atoms with Gasteiger partial charge < -0.3 is 9.47 Å². The van der Waals surface area contributed by atoms with Crippen LogP contribution in [0, 0.1) is 0 Å². The fraction of sp³-hybridized carbons (Fsp3) is 0.643. The second-order valence-corrected chi connectivity index (χ2v) is 8.51. The first-order valence-corrected chi connectivity index (χ1v) is 12.6. The number of benzene rings is 1. The summed E-state index contributed by atoms with van der Waals surface area (Å²) < 4.78 is 9.70. The van der Waals surface area contributed by atoms with E-state index in [1.165, 1.54) is 91.3 Å². The zero-order valence-corrected chi connectivity index (χ0v) is 20.6. The Morgan fingerprint density at radius 1 is 0.719 bits per heavy atom. The minimum absolute atomic E-state index is 0.279. The number of hydrogen-bond donors (Lipinski definition) is 0. The summed E-state index contributed by atoms with van der Waals surface area (Å²) in [6.07, 6.45) is 23.2. The summed E-state index contributed by atoms with van der Waals surface area (Å²) in [5.41, 5.74) is 1.48. The lowest BCUT2D eigenvalue weighted by molar-refractivity contribution is 0.0554. The van der Waals surface area contributed by atoms with Crippen LogP contribution in [0.4, 0.5) is 0 Å². The van der Waals surface area contributed by atoms with Crippen LogP contribution in [0.3, 0.4) is 0 Å². The van der Waals surface area contributed by atoms with Gasteiger partial charge in [-0.3, -0.25) is 0 Å². The summed E-state index contributed by atoms with van der Waals surface area (Å²) in [5, 5.41) is 0. The minimum atomic E-state index is -0.506. The van der Waals surface area contributed by atoms with Gasteiger partial charge in [-0.25, -0.2) is 9.59 Å². The Hall–Kier alpha value is -2.10. The van der Waals surface area contributed by atoms with Crippen molar-refractivity contribution in [3.63, 3.8) is 0 Å². The Morgan fingerprint density at radius 3 is 1.81 bits per heavy atom. The summed E-state index contributed by atoms with van der Waals surface area (Å²) in [4.78, 5) is 24.2. The van der Waals surface area contributed by atoms with Crippen molar-refractivity contribution < 1.29 is 19.1 Å². The maximum absolute atomic E-state index is 12.2. The van der Waals surface area contributed by atoms with Gasteiger partial charge in [-0.2, -0.15) is 0 Å². The van der Waals surface area contributed by atoms with Gasteiger partial charge >= 0.3 is 11.9 Å². The fourth-order valence-corrected chi connectivity index (χ4v) is 3.99. The van der Waals surface area contributed by atoms with E-state index in [-0.39, 0.29) is 5.56 Å². The molecular weight excluding hydrogens is 400 g/mol. The molecule has 4 heteroatoms. The molecule has 32 heavy (non-hydrogen) atoms. The van der Waals surface area contributed by atoms with E-state index < -0.39 is 11.9 Å². The molecule has 0 radical (unpaired) electrons. The van der Waals surface area contributed by atoms with Crippen LogP contribution in [-0.2, 0) is 15.9 Å². The minimum Gasteiger partial charge on any atom is -0.465 e. The van der Waals surface area contributed by atoms with Gasteiger partial charge in [-0.15, -0.1) is 0 Å². The number of hydrogen-bond acceptors (Lipinski definition) is 4. The molecule has 1 aromatic carbocycles.